The van der Waals surface area contributed by atoms with Crippen molar-refractivity contribution in [2.45, 2.75) is 24.5 Å². The van der Waals surface area contributed by atoms with Crippen LogP contribution >= 0.6 is 11.6 Å². The Kier molecular flexibility index (Phi) is 4.84. The van der Waals surface area contributed by atoms with E-state index in [0.717, 1.165) is 12.0 Å². The molecule has 1 aliphatic carbocycles. The Hall–Kier alpha value is -2.04. The van der Waals surface area contributed by atoms with Crippen LogP contribution < -0.4 is 10.6 Å². The van der Waals surface area contributed by atoms with E-state index in [0.29, 0.717) is 10.9 Å². The Morgan fingerprint density at radius 2 is 1.87 bits per heavy atom. The first kappa shape index (κ1) is 15.8. The van der Waals surface area contributed by atoms with Gasteiger partial charge in [-0.2, -0.15) is 0 Å². The number of aliphatic hydroxyl groups is 1. The molecule has 3 rings (SSSR count). The van der Waals surface area contributed by atoms with Crippen molar-refractivity contribution in [2.75, 3.05) is 6.54 Å². The highest BCUT2D eigenvalue weighted by Crippen LogP contribution is 2.40. The summed E-state index contributed by atoms with van der Waals surface area (Å²) in [4.78, 5) is 11.9. The average molecular weight is 331 g/mol. The van der Waals surface area contributed by atoms with Crippen molar-refractivity contribution in [1.82, 2.24) is 10.6 Å². The van der Waals surface area contributed by atoms with Crippen molar-refractivity contribution in [3.05, 3.63) is 70.7 Å². The monoisotopic (exact) mass is 330 g/mol. The molecule has 3 atom stereocenters. The normalized spacial score (nSPS) is 20.6. The number of rotatable bonds is 5. The Labute approximate surface area is 140 Å². The van der Waals surface area contributed by atoms with Gasteiger partial charge < -0.3 is 15.7 Å². The van der Waals surface area contributed by atoms with E-state index in [1.807, 2.05) is 18.2 Å². The summed E-state index contributed by atoms with van der Waals surface area (Å²) < 4.78 is 0. The molecule has 4 nitrogen and oxygen atoms in total. The van der Waals surface area contributed by atoms with Gasteiger partial charge in [0, 0.05) is 23.5 Å². The maximum absolute atomic E-state index is 11.9. The average Bonchev–Trinajstić information content (AvgIpc) is 3.33. The molecule has 120 valence electrons. The van der Waals surface area contributed by atoms with E-state index in [-0.39, 0.29) is 18.6 Å². The lowest BCUT2D eigenvalue weighted by Gasteiger charge is -2.13. The molecule has 2 amide bonds. The maximum Gasteiger partial charge on any atom is 0.315 e. The summed E-state index contributed by atoms with van der Waals surface area (Å²) in [5.41, 5.74) is 1.97. The highest BCUT2D eigenvalue weighted by atomic mass is 35.5. The highest BCUT2D eigenvalue weighted by molar-refractivity contribution is 6.30. The SMILES string of the molecule is O=C(NCC(O)c1ccc(Cl)cc1)NC1CC1c1ccccc1. The molecule has 0 aromatic heterocycles. The highest BCUT2D eigenvalue weighted by Gasteiger charge is 2.39. The third-order valence-corrected chi connectivity index (χ3v) is 4.30. The van der Waals surface area contributed by atoms with Crippen LogP contribution in [0.2, 0.25) is 5.02 Å². The molecule has 0 radical (unpaired) electrons. The second-order valence-electron chi connectivity index (χ2n) is 5.78. The van der Waals surface area contributed by atoms with Crippen LogP contribution in [0.1, 0.15) is 29.6 Å². The van der Waals surface area contributed by atoms with Crippen LogP contribution in [0.4, 0.5) is 4.79 Å². The van der Waals surface area contributed by atoms with Gasteiger partial charge >= 0.3 is 6.03 Å². The number of amides is 2. The van der Waals surface area contributed by atoms with Crippen LogP contribution in [0.25, 0.3) is 0 Å². The molecule has 0 aliphatic heterocycles. The Morgan fingerprint density at radius 1 is 1.17 bits per heavy atom. The van der Waals surface area contributed by atoms with Crippen LogP contribution in [0, 0.1) is 0 Å². The lowest BCUT2D eigenvalue weighted by Crippen LogP contribution is -2.39. The number of halogens is 1. The topological polar surface area (TPSA) is 61.4 Å². The summed E-state index contributed by atoms with van der Waals surface area (Å²) in [6.07, 6.45) is 0.208. The molecular formula is C18H19ClN2O2. The van der Waals surface area contributed by atoms with Gasteiger partial charge in [0.1, 0.15) is 0 Å². The molecule has 2 aromatic rings. The first-order valence-corrected chi connectivity index (χ1v) is 8.04. The lowest BCUT2D eigenvalue weighted by molar-refractivity contribution is 0.173. The molecule has 0 heterocycles. The number of aliphatic hydroxyl groups excluding tert-OH is 1. The van der Waals surface area contributed by atoms with E-state index in [2.05, 4.69) is 22.8 Å². The standard InChI is InChI=1S/C18H19ClN2O2/c19-14-8-6-13(7-9-14)17(22)11-20-18(23)21-16-10-15(16)12-4-2-1-3-5-12/h1-9,15-17,22H,10-11H2,(H2,20,21,23). The van der Waals surface area contributed by atoms with Crippen molar-refractivity contribution in [3.8, 4) is 0 Å². The van der Waals surface area contributed by atoms with Crippen LogP contribution in [-0.4, -0.2) is 23.7 Å². The molecule has 1 aliphatic rings. The van der Waals surface area contributed by atoms with Gasteiger partial charge in [0.05, 0.1) is 6.10 Å². The minimum atomic E-state index is -0.748. The number of carbonyl (C=O) groups excluding carboxylic acids is 1. The van der Waals surface area contributed by atoms with Crippen LogP contribution in [0.3, 0.4) is 0 Å². The van der Waals surface area contributed by atoms with Crippen LogP contribution in [-0.2, 0) is 0 Å². The summed E-state index contributed by atoms with van der Waals surface area (Å²) in [5, 5.41) is 16.3. The van der Waals surface area contributed by atoms with Crippen molar-refractivity contribution in [3.63, 3.8) is 0 Å². The maximum atomic E-state index is 11.9. The van der Waals surface area contributed by atoms with E-state index in [1.54, 1.807) is 24.3 Å². The molecule has 0 spiro atoms. The van der Waals surface area contributed by atoms with Gasteiger partial charge in [-0.15, -0.1) is 0 Å². The van der Waals surface area contributed by atoms with Crippen molar-refractivity contribution in [2.24, 2.45) is 0 Å². The quantitative estimate of drug-likeness (QED) is 0.788. The van der Waals surface area contributed by atoms with Gasteiger partial charge in [0.25, 0.3) is 0 Å². The fourth-order valence-corrected chi connectivity index (χ4v) is 2.76. The molecule has 0 bridgehead atoms. The Balaban J connectivity index is 1.43. The minimum Gasteiger partial charge on any atom is -0.387 e. The second-order valence-corrected chi connectivity index (χ2v) is 6.22. The summed E-state index contributed by atoms with van der Waals surface area (Å²) in [6.45, 7) is 0.163. The van der Waals surface area contributed by atoms with E-state index in [1.165, 1.54) is 5.56 Å². The fourth-order valence-electron chi connectivity index (χ4n) is 2.63. The third kappa shape index (κ3) is 4.24. The first-order chi connectivity index (χ1) is 11.1. The number of urea groups is 1. The predicted molar refractivity (Wildman–Crippen MR) is 90.5 cm³/mol. The summed E-state index contributed by atoms with van der Waals surface area (Å²) >= 11 is 5.81. The number of carbonyl (C=O) groups is 1. The van der Waals surface area contributed by atoms with Crippen LogP contribution in [0.15, 0.2) is 54.6 Å². The fraction of sp³-hybridized carbons (Fsp3) is 0.278. The number of hydrogen-bond acceptors (Lipinski definition) is 2. The van der Waals surface area contributed by atoms with Gasteiger partial charge in [0.2, 0.25) is 0 Å². The van der Waals surface area contributed by atoms with E-state index in [4.69, 9.17) is 11.6 Å². The zero-order valence-corrected chi connectivity index (χ0v) is 13.3. The molecule has 3 unspecified atom stereocenters. The Morgan fingerprint density at radius 3 is 2.57 bits per heavy atom. The van der Waals surface area contributed by atoms with Gasteiger partial charge in [-0.3, -0.25) is 0 Å². The zero-order valence-electron chi connectivity index (χ0n) is 12.6. The number of benzene rings is 2. The number of hydrogen-bond donors (Lipinski definition) is 3. The van der Waals surface area contributed by atoms with E-state index < -0.39 is 6.10 Å². The van der Waals surface area contributed by atoms with Gasteiger partial charge in [-0.25, -0.2) is 4.79 Å². The van der Waals surface area contributed by atoms with E-state index in [9.17, 15) is 9.90 Å². The first-order valence-electron chi connectivity index (χ1n) is 7.66. The van der Waals surface area contributed by atoms with Gasteiger partial charge in [-0.1, -0.05) is 54.1 Å². The molecular weight excluding hydrogens is 312 g/mol. The molecule has 1 fully saturated rings. The summed E-state index contributed by atoms with van der Waals surface area (Å²) in [6, 6.07) is 17.0. The minimum absolute atomic E-state index is 0.163. The molecule has 3 N–H and O–H groups in total. The molecule has 2 aromatic carbocycles. The Bertz CT molecular complexity index is 660. The number of nitrogens with one attached hydrogen (secondary N) is 2. The van der Waals surface area contributed by atoms with Crippen molar-refractivity contribution < 1.29 is 9.90 Å². The molecule has 0 saturated heterocycles. The second kappa shape index (κ2) is 7.02. The van der Waals surface area contributed by atoms with Crippen molar-refractivity contribution >= 4 is 17.6 Å². The van der Waals surface area contributed by atoms with Crippen LogP contribution in [0.5, 0.6) is 0 Å². The largest absolute Gasteiger partial charge is 0.387 e. The molecule has 23 heavy (non-hydrogen) atoms. The van der Waals surface area contributed by atoms with Crippen molar-refractivity contribution in [1.29, 1.82) is 0 Å². The smallest absolute Gasteiger partial charge is 0.315 e. The summed E-state index contributed by atoms with van der Waals surface area (Å²) in [7, 11) is 0. The lowest BCUT2D eigenvalue weighted by atomic mass is 10.1. The summed E-state index contributed by atoms with van der Waals surface area (Å²) in [5.74, 6) is 0.392. The van der Waals surface area contributed by atoms with Gasteiger partial charge in [-0.05, 0) is 29.7 Å². The third-order valence-electron chi connectivity index (χ3n) is 4.05. The van der Waals surface area contributed by atoms with Gasteiger partial charge in [0.15, 0.2) is 0 Å². The van der Waals surface area contributed by atoms with E-state index >= 15 is 0 Å². The predicted octanol–water partition coefficient (Wildman–Crippen LogP) is 3.23. The molecule has 1 saturated carbocycles. The zero-order chi connectivity index (χ0) is 16.2. The molecule has 5 heteroatoms.